The van der Waals surface area contributed by atoms with Crippen LogP contribution in [0.25, 0.3) is 0 Å². The number of amides is 1. The predicted molar refractivity (Wildman–Crippen MR) is 82.1 cm³/mol. The fourth-order valence-electron chi connectivity index (χ4n) is 1.55. The number of aromatic nitrogens is 1. The van der Waals surface area contributed by atoms with Crippen LogP contribution in [0.1, 0.15) is 18.5 Å². The zero-order valence-corrected chi connectivity index (χ0v) is 13.0. The number of nitrogens with zero attached hydrogens (tertiary/aromatic N) is 3. The topological polar surface area (TPSA) is 62.5 Å². The van der Waals surface area contributed by atoms with E-state index in [1.807, 2.05) is 17.9 Å². The Morgan fingerprint density at radius 1 is 1.42 bits per heavy atom. The Hall–Kier alpha value is -1.05. The first kappa shape index (κ1) is 16.0. The molecule has 1 amide bonds. The summed E-state index contributed by atoms with van der Waals surface area (Å²) in [5.74, 6) is 0.112. The Morgan fingerprint density at radius 2 is 2.16 bits per heavy atom. The van der Waals surface area contributed by atoms with Gasteiger partial charge in [0, 0.05) is 44.9 Å². The van der Waals surface area contributed by atoms with Crippen LogP contribution in [0.15, 0.2) is 10.9 Å². The largest absolute Gasteiger partial charge is 0.393 e. The summed E-state index contributed by atoms with van der Waals surface area (Å²) in [4.78, 5) is 20.3. The Kier molecular flexibility index (Phi) is 6.90. The molecule has 19 heavy (non-hydrogen) atoms. The predicted octanol–water partition coefficient (Wildman–Crippen LogP) is 1.10. The zero-order valence-electron chi connectivity index (χ0n) is 11.3. The van der Waals surface area contributed by atoms with Gasteiger partial charge < -0.3 is 15.5 Å². The van der Waals surface area contributed by atoms with Gasteiger partial charge in [0.2, 0.25) is 5.91 Å². The SMILES string of the molecule is CN(CCC(=O)N(C)CCC(N)=S)Cc1cscn1. The number of thiocarbonyl (C=S) groups is 1. The highest BCUT2D eigenvalue weighted by molar-refractivity contribution is 7.80. The van der Waals surface area contributed by atoms with Gasteiger partial charge in [0.25, 0.3) is 0 Å². The van der Waals surface area contributed by atoms with E-state index in [4.69, 9.17) is 18.0 Å². The Balaban J connectivity index is 2.23. The van der Waals surface area contributed by atoms with Gasteiger partial charge in [0.1, 0.15) is 0 Å². The summed E-state index contributed by atoms with van der Waals surface area (Å²) in [6, 6.07) is 0. The van der Waals surface area contributed by atoms with Gasteiger partial charge in [0.15, 0.2) is 0 Å². The van der Waals surface area contributed by atoms with E-state index in [-0.39, 0.29) is 5.91 Å². The van der Waals surface area contributed by atoms with E-state index in [1.54, 1.807) is 23.3 Å². The molecule has 0 aromatic carbocycles. The minimum Gasteiger partial charge on any atom is -0.393 e. The van der Waals surface area contributed by atoms with Crippen LogP contribution in [0.3, 0.4) is 0 Å². The summed E-state index contributed by atoms with van der Waals surface area (Å²) in [6.07, 6.45) is 1.07. The van der Waals surface area contributed by atoms with Gasteiger partial charge in [-0.05, 0) is 7.05 Å². The second-order valence-corrected chi connectivity index (χ2v) is 5.74. The van der Waals surface area contributed by atoms with Gasteiger partial charge >= 0.3 is 0 Å². The first-order valence-electron chi connectivity index (χ1n) is 6.07. The molecule has 1 heterocycles. The summed E-state index contributed by atoms with van der Waals surface area (Å²) in [7, 11) is 3.77. The molecule has 0 atom stereocenters. The molecule has 1 rings (SSSR count). The number of hydrogen-bond acceptors (Lipinski definition) is 5. The molecular weight excluding hydrogens is 280 g/mol. The third kappa shape index (κ3) is 6.60. The van der Waals surface area contributed by atoms with Gasteiger partial charge in [-0.15, -0.1) is 11.3 Å². The lowest BCUT2D eigenvalue weighted by Gasteiger charge is -2.19. The summed E-state index contributed by atoms with van der Waals surface area (Å²) < 4.78 is 0. The van der Waals surface area contributed by atoms with E-state index >= 15 is 0 Å². The third-order valence-corrected chi connectivity index (χ3v) is 3.58. The first-order chi connectivity index (χ1) is 8.99. The van der Waals surface area contributed by atoms with Crippen molar-refractivity contribution in [2.45, 2.75) is 19.4 Å². The summed E-state index contributed by atoms with van der Waals surface area (Å²) >= 11 is 6.38. The zero-order chi connectivity index (χ0) is 14.3. The molecule has 0 aliphatic heterocycles. The molecule has 0 saturated heterocycles. The molecule has 1 aromatic rings. The quantitative estimate of drug-likeness (QED) is 0.729. The molecule has 0 fully saturated rings. The molecule has 0 unspecified atom stereocenters. The Morgan fingerprint density at radius 3 is 2.74 bits per heavy atom. The number of carbonyl (C=O) groups excluding carboxylic acids is 1. The van der Waals surface area contributed by atoms with Gasteiger partial charge in [-0.1, -0.05) is 12.2 Å². The van der Waals surface area contributed by atoms with Crippen molar-refractivity contribution in [3.8, 4) is 0 Å². The monoisotopic (exact) mass is 300 g/mol. The Labute approximate surface area is 123 Å². The standard InChI is InChI=1S/C12H20N4OS2/c1-15(7-10-8-19-9-14-10)5-4-12(17)16(2)6-3-11(13)18/h8-9H,3-7H2,1-2H3,(H2,13,18). The van der Waals surface area contributed by atoms with Gasteiger partial charge in [-0.3, -0.25) is 4.79 Å². The number of carbonyl (C=O) groups is 1. The molecule has 2 N–H and O–H groups in total. The third-order valence-electron chi connectivity index (χ3n) is 2.74. The normalized spacial score (nSPS) is 10.7. The van der Waals surface area contributed by atoms with Gasteiger partial charge in [-0.25, -0.2) is 4.98 Å². The highest BCUT2D eigenvalue weighted by Crippen LogP contribution is 2.05. The van der Waals surface area contributed by atoms with Crippen molar-refractivity contribution in [2.75, 3.05) is 27.2 Å². The van der Waals surface area contributed by atoms with E-state index in [9.17, 15) is 4.79 Å². The highest BCUT2D eigenvalue weighted by atomic mass is 32.1. The van der Waals surface area contributed by atoms with E-state index in [1.165, 1.54) is 0 Å². The minimum atomic E-state index is 0.112. The second kappa shape index (κ2) is 8.19. The number of thiazole rings is 1. The van der Waals surface area contributed by atoms with Crippen LogP contribution in [-0.4, -0.2) is 52.9 Å². The van der Waals surface area contributed by atoms with Crippen molar-refractivity contribution in [1.82, 2.24) is 14.8 Å². The van der Waals surface area contributed by atoms with E-state index < -0.39 is 0 Å². The van der Waals surface area contributed by atoms with Crippen LogP contribution in [0.4, 0.5) is 0 Å². The highest BCUT2D eigenvalue weighted by Gasteiger charge is 2.10. The lowest BCUT2D eigenvalue weighted by Crippen LogP contribution is -2.32. The van der Waals surface area contributed by atoms with E-state index in [2.05, 4.69) is 9.88 Å². The van der Waals surface area contributed by atoms with Crippen LogP contribution in [-0.2, 0) is 11.3 Å². The molecule has 1 aromatic heterocycles. The number of nitrogens with two attached hydrogens (primary N) is 1. The minimum absolute atomic E-state index is 0.112. The second-order valence-electron chi connectivity index (χ2n) is 4.50. The smallest absolute Gasteiger partial charge is 0.223 e. The van der Waals surface area contributed by atoms with Crippen LogP contribution < -0.4 is 5.73 Å². The molecular formula is C12H20N4OS2. The molecule has 7 heteroatoms. The average Bonchev–Trinajstić information content (AvgIpc) is 2.85. The molecule has 0 aliphatic rings. The molecule has 0 radical (unpaired) electrons. The maximum Gasteiger partial charge on any atom is 0.223 e. The fraction of sp³-hybridized carbons (Fsp3) is 0.583. The lowest BCUT2D eigenvalue weighted by atomic mass is 10.3. The lowest BCUT2D eigenvalue weighted by molar-refractivity contribution is -0.130. The number of hydrogen-bond donors (Lipinski definition) is 1. The summed E-state index contributed by atoms with van der Waals surface area (Å²) in [6.45, 7) is 2.07. The molecule has 0 saturated carbocycles. The van der Waals surface area contributed by atoms with E-state index in [0.717, 1.165) is 12.2 Å². The maximum absolute atomic E-state index is 11.9. The number of rotatable bonds is 8. The van der Waals surface area contributed by atoms with Crippen molar-refractivity contribution in [3.05, 3.63) is 16.6 Å². The van der Waals surface area contributed by atoms with Crippen molar-refractivity contribution < 1.29 is 4.79 Å². The fourth-order valence-corrected chi connectivity index (χ4v) is 2.19. The maximum atomic E-state index is 11.9. The molecule has 5 nitrogen and oxygen atoms in total. The van der Waals surface area contributed by atoms with Gasteiger partial charge in [0.05, 0.1) is 16.2 Å². The summed E-state index contributed by atoms with van der Waals surface area (Å²) in [5.41, 5.74) is 8.28. The molecule has 106 valence electrons. The van der Waals surface area contributed by atoms with Crippen LogP contribution >= 0.6 is 23.6 Å². The Bertz CT molecular complexity index is 408. The average molecular weight is 300 g/mol. The first-order valence-corrected chi connectivity index (χ1v) is 7.42. The van der Waals surface area contributed by atoms with Crippen molar-refractivity contribution in [1.29, 1.82) is 0 Å². The van der Waals surface area contributed by atoms with Gasteiger partial charge in [-0.2, -0.15) is 0 Å². The van der Waals surface area contributed by atoms with Crippen LogP contribution in [0.2, 0.25) is 0 Å². The molecule has 0 aliphatic carbocycles. The van der Waals surface area contributed by atoms with Crippen molar-refractivity contribution >= 4 is 34.5 Å². The van der Waals surface area contributed by atoms with Crippen molar-refractivity contribution in [3.63, 3.8) is 0 Å². The molecule has 0 spiro atoms. The summed E-state index contributed by atoms with van der Waals surface area (Å²) in [5, 5.41) is 2.02. The van der Waals surface area contributed by atoms with Crippen molar-refractivity contribution in [2.24, 2.45) is 5.73 Å². The van der Waals surface area contributed by atoms with Crippen LogP contribution in [0, 0.1) is 0 Å². The molecule has 0 bridgehead atoms. The van der Waals surface area contributed by atoms with Crippen LogP contribution in [0.5, 0.6) is 0 Å². The van der Waals surface area contributed by atoms with E-state index in [0.29, 0.717) is 30.9 Å².